The average molecular weight is 787 g/mol. The van der Waals surface area contributed by atoms with Gasteiger partial charge in [-0.2, -0.15) is 0 Å². The maximum Gasteiger partial charge on any atom is 1.20 e. The second-order valence-corrected chi connectivity index (χ2v) is 14.4. The van der Waals surface area contributed by atoms with Crippen LogP contribution in [0.1, 0.15) is 116 Å². The Hall–Kier alpha value is -6.73. The minimum atomic E-state index is -4.22. The van der Waals surface area contributed by atoms with Gasteiger partial charge in [0.25, 0.3) is 0 Å². The summed E-state index contributed by atoms with van der Waals surface area (Å²) in [5, 5.41) is 0. The van der Waals surface area contributed by atoms with Gasteiger partial charge in [0, 0.05) is 33.4 Å². The van der Waals surface area contributed by atoms with E-state index in [2.05, 4.69) is 0 Å². The number of hydrogen-bond donors (Lipinski definition) is 0. The van der Waals surface area contributed by atoms with Crippen LogP contribution in [0.15, 0.2) is 146 Å². The summed E-state index contributed by atoms with van der Waals surface area (Å²) < 4.78 is 17.2. The van der Waals surface area contributed by atoms with Gasteiger partial charge < -0.3 is 11.4 Å². The SMILES string of the molecule is CCc1ccccc1C(=O)c1ccccc1C(=O)[O][Al]([O]C(=O)c1ccccc1C(=O)c1ccccc1CC)[O]C(=O)c1ccccc1C(=O)c1ccccc1CC. The maximum absolute atomic E-state index is 14.0. The normalized spacial score (nSPS) is 10.6. The minimum absolute atomic E-state index is 0.0230. The summed E-state index contributed by atoms with van der Waals surface area (Å²) in [6.07, 6.45) is 1.70. The predicted molar refractivity (Wildman–Crippen MR) is 219 cm³/mol. The third kappa shape index (κ3) is 8.95. The first-order valence-corrected chi connectivity index (χ1v) is 20.4. The van der Waals surface area contributed by atoms with Gasteiger partial charge in [-0.15, -0.1) is 0 Å². The monoisotopic (exact) mass is 786 g/mol. The van der Waals surface area contributed by atoms with E-state index >= 15 is 0 Å². The number of aryl methyl sites for hydroxylation is 3. The van der Waals surface area contributed by atoms with Crippen LogP contribution in [0.4, 0.5) is 0 Å². The molecular formula is C48H39AlO9. The fourth-order valence-corrected chi connectivity index (χ4v) is 7.74. The Morgan fingerprint density at radius 1 is 0.328 bits per heavy atom. The van der Waals surface area contributed by atoms with E-state index in [9.17, 15) is 28.8 Å². The van der Waals surface area contributed by atoms with Crippen LogP contribution in [0.2, 0.25) is 0 Å². The van der Waals surface area contributed by atoms with Gasteiger partial charge >= 0.3 is 33.1 Å². The third-order valence-electron chi connectivity index (χ3n) is 9.71. The highest BCUT2D eigenvalue weighted by molar-refractivity contribution is 6.46. The molecule has 288 valence electrons. The van der Waals surface area contributed by atoms with E-state index in [0.717, 1.165) is 16.7 Å². The summed E-state index contributed by atoms with van der Waals surface area (Å²) in [5.41, 5.74) is 3.13. The van der Waals surface area contributed by atoms with Crippen LogP contribution in [-0.2, 0) is 30.6 Å². The molecule has 0 aliphatic heterocycles. The van der Waals surface area contributed by atoms with Crippen molar-refractivity contribution in [1.29, 1.82) is 0 Å². The Morgan fingerprint density at radius 2 is 0.534 bits per heavy atom. The van der Waals surface area contributed by atoms with E-state index in [1.165, 1.54) is 36.4 Å². The molecule has 10 heteroatoms. The molecule has 6 rings (SSSR count). The molecule has 0 aliphatic carbocycles. The first-order valence-electron chi connectivity index (χ1n) is 18.9. The third-order valence-corrected chi connectivity index (χ3v) is 10.9. The van der Waals surface area contributed by atoms with Crippen molar-refractivity contribution in [1.82, 2.24) is 0 Å². The molecule has 6 aromatic rings. The summed E-state index contributed by atoms with van der Waals surface area (Å²) in [5.74, 6) is -4.56. The van der Waals surface area contributed by atoms with E-state index < -0.39 is 50.4 Å². The van der Waals surface area contributed by atoms with Gasteiger partial charge in [0.1, 0.15) is 0 Å². The van der Waals surface area contributed by atoms with Gasteiger partial charge in [-0.1, -0.05) is 148 Å². The summed E-state index contributed by atoms with van der Waals surface area (Å²) in [4.78, 5) is 83.7. The molecule has 0 amide bonds. The molecule has 0 aliphatic rings. The summed E-state index contributed by atoms with van der Waals surface area (Å²) in [6.45, 7) is 5.73. The molecule has 0 fully saturated rings. The molecule has 0 saturated carbocycles. The Morgan fingerprint density at radius 3 is 0.776 bits per heavy atom. The average Bonchev–Trinajstić information content (AvgIpc) is 3.28. The number of carbonyl (C=O) groups excluding carboxylic acids is 6. The van der Waals surface area contributed by atoms with Crippen molar-refractivity contribution >= 4 is 50.4 Å². The number of benzene rings is 6. The molecule has 0 radical (unpaired) electrons. The van der Waals surface area contributed by atoms with E-state index in [-0.39, 0.29) is 33.4 Å². The fraction of sp³-hybridized carbons (Fsp3) is 0.125. The zero-order valence-electron chi connectivity index (χ0n) is 32.2. The van der Waals surface area contributed by atoms with Crippen LogP contribution in [-0.4, -0.2) is 50.4 Å². The maximum atomic E-state index is 14.0. The van der Waals surface area contributed by atoms with E-state index in [4.69, 9.17) is 11.4 Å². The fourth-order valence-electron chi connectivity index (χ4n) is 6.69. The van der Waals surface area contributed by atoms with Crippen molar-refractivity contribution in [2.75, 3.05) is 0 Å². The molecule has 0 N–H and O–H groups in total. The van der Waals surface area contributed by atoms with Gasteiger partial charge in [0.15, 0.2) is 17.3 Å². The van der Waals surface area contributed by atoms with Crippen LogP contribution in [0.5, 0.6) is 0 Å². The van der Waals surface area contributed by atoms with Crippen molar-refractivity contribution in [3.63, 3.8) is 0 Å². The molecule has 0 bridgehead atoms. The second-order valence-electron chi connectivity index (χ2n) is 13.2. The standard InChI is InChI=1S/3C16H14O3.Al/c3*1-2-11-7-3-4-8-12(11)15(17)13-9-5-6-10-14(13)16(18)19;/h3*3-10H,2H2,1H3,(H,18,19);/q;;;+3/p-3. The van der Waals surface area contributed by atoms with Crippen molar-refractivity contribution in [2.45, 2.75) is 40.0 Å². The van der Waals surface area contributed by atoms with E-state index in [0.29, 0.717) is 36.0 Å². The largest absolute Gasteiger partial charge is 1.20 e. The van der Waals surface area contributed by atoms with E-state index in [1.54, 1.807) is 72.8 Å². The van der Waals surface area contributed by atoms with Crippen LogP contribution >= 0.6 is 0 Å². The first kappa shape index (κ1) is 40.9. The molecule has 0 aromatic heterocycles. The Balaban J connectivity index is 1.36. The second kappa shape index (κ2) is 18.9. The van der Waals surface area contributed by atoms with E-state index in [1.807, 2.05) is 57.2 Å². The zero-order valence-corrected chi connectivity index (χ0v) is 33.4. The van der Waals surface area contributed by atoms with Crippen LogP contribution in [0, 0.1) is 0 Å². The Kier molecular flexibility index (Phi) is 13.4. The molecule has 0 saturated heterocycles. The smallest absolute Gasteiger partial charge is 0.547 e. The highest BCUT2D eigenvalue weighted by Crippen LogP contribution is 2.24. The van der Waals surface area contributed by atoms with Gasteiger partial charge in [0.05, 0.1) is 16.7 Å². The highest BCUT2D eigenvalue weighted by Gasteiger charge is 2.50. The lowest BCUT2D eigenvalue weighted by Crippen LogP contribution is -2.36. The van der Waals surface area contributed by atoms with Crippen LogP contribution in [0.3, 0.4) is 0 Å². The quantitative estimate of drug-likeness (QED) is 0.0740. The topological polar surface area (TPSA) is 130 Å². The zero-order chi connectivity index (χ0) is 41.2. The number of ketones is 3. The predicted octanol–water partition coefficient (Wildman–Crippen LogP) is 8.92. The van der Waals surface area contributed by atoms with Gasteiger partial charge in [-0.3, -0.25) is 14.4 Å². The van der Waals surface area contributed by atoms with Crippen LogP contribution < -0.4 is 0 Å². The summed E-state index contributed by atoms with van der Waals surface area (Å²) in [7, 11) is 0. The lowest BCUT2D eigenvalue weighted by atomic mass is 9.94. The number of carbonyl (C=O) groups is 6. The lowest BCUT2D eigenvalue weighted by Gasteiger charge is -2.17. The van der Waals surface area contributed by atoms with Crippen molar-refractivity contribution in [3.05, 3.63) is 212 Å². The summed E-state index contributed by atoms with van der Waals surface area (Å²) in [6, 6.07) is 39.1. The molecule has 9 nitrogen and oxygen atoms in total. The Bertz CT molecular complexity index is 2260. The lowest BCUT2D eigenvalue weighted by molar-refractivity contribution is 0.0405. The molecule has 0 heterocycles. The molecule has 0 spiro atoms. The molecule has 6 aromatic carbocycles. The molecular weight excluding hydrogens is 748 g/mol. The van der Waals surface area contributed by atoms with Crippen molar-refractivity contribution in [2.24, 2.45) is 0 Å². The van der Waals surface area contributed by atoms with Crippen LogP contribution in [0.25, 0.3) is 0 Å². The number of hydrogen-bond acceptors (Lipinski definition) is 9. The first-order chi connectivity index (χ1) is 28.2. The summed E-state index contributed by atoms with van der Waals surface area (Å²) >= 11 is -4.22. The highest BCUT2D eigenvalue weighted by atomic mass is 27.3. The Labute approximate surface area is 341 Å². The molecule has 58 heavy (non-hydrogen) atoms. The van der Waals surface area contributed by atoms with Crippen molar-refractivity contribution in [3.8, 4) is 0 Å². The van der Waals surface area contributed by atoms with Gasteiger partial charge in [-0.25, -0.2) is 14.4 Å². The van der Waals surface area contributed by atoms with Gasteiger partial charge in [0.2, 0.25) is 0 Å². The van der Waals surface area contributed by atoms with Crippen molar-refractivity contribution < 1.29 is 40.1 Å². The number of rotatable bonds is 15. The molecule has 0 unspecified atom stereocenters. The minimum Gasteiger partial charge on any atom is -0.547 e. The molecule has 0 atom stereocenters. The van der Waals surface area contributed by atoms with Gasteiger partial charge in [-0.05, 0) is 54.2 Å².